The predicted octanol–water partition coefficient (Wildman–Crippen LogP) is -1.65. The summed E-state index contributed by atoms with van der Waals surface area (Å²) in [4.78, 5) is 49.9. The fraction of sp³-hybridized carbons (Fsp3) is 0.583. The van der Waals surface area contributed by atoms with Gasteiger partial charge in [-0.1, -0.05) is 36.8 Å². The fourth-order valence-electron chi connectivity index (χ4n) is 3.47. The second-order valence-corrected chi connectivity index (χ2v) is 8.57. The number of carbonyl (C=O) groups excluding carboxylic acids is 3. The van der Waals surface area contributed by atoms with Crippen molar-refractivity contribution in [2.24, 2.45) is 17.2 Å². The number of carboxylic acids is 1. The quantitative estimate of drug-likeness (QED) is 0.106. The van der Waals surface area contributed by atoms with Gasteiger partial charge in [0.15, 0.2) is 0 Å². The maximum Gasteiger partial charge on any atom is 0.326 e. The van der Waals surface area contributed by atoms with Crippen molar-refractivity contribution in [1.82, 2.24) is 16.0 Å². The molecular weight excluding hydrogens is 468 g/mol. The van der Waals surface area contributed by atoms with E-state index in [0.717, 1.165) is 5.56 Å². The zero-order valence-electron chi connectivity index (χ0n) is 20.5. The lowest BCUT2D eigenvalue weighted by Crippen LogP contribution is -2.58. The van der Waals surface area contributed by atoms with Crippen LogP contribution in [-0.2, 0) is 25.6 Å². The molecule has 1 aromatic carbocycles. The van der Waals surface area contributed by atoms with Crippen molar-refractivity contribution in [3.05, 3.63) is 35.9 Å². The van der Waals surface area contributed by atoms with Gasteiger partial charge < -0.3 is 43.4 Å². The maximum atomic E-state index is 13.0. The van der Waals surface area contributed by atoms with Crippen LogP contribution in [0.3, 0.4) is 0 Å². The summed E-state index contributed by atoms with van der Waals surface area (Å²) in [6.45, 7) is 0.151. The van der Waals surface area contributed by atoms with E-state index in [1.54, 1.807) is 30.3 Å². The number of hydrogen-bond acceptors (Lipinski definition) is 8. The first kappa shape index (κ1) is 31.0. The van der Waals surface area contributed by atoms with E-state index in [4.69, 9.17) is 17.2 Å². The van der Waals surface area contributed by atoms with Crippen molar-refractivity contribution < 1.29 is 29.4 Å². The molecule has 3 amide bonds. The Hall–Kier alpha value is -3.06. The molecule has 0 saturated carbocycles. The lowest BCUT2D eigenvalue weighted by molar-refractivity contribution is -0.142. The van der Waals surface area contributed by atoms with Gasteiger partial charge in [-0.3, -0.25) is 14.4 Å². The molecule has 0 bridgehead atoms. The number of benzene rings is 1. The number of aliphatic hydroxyl groups is 1. The third-order valence-electron chi connectivity index (χ3n) is 5.60. The lowest BCUT2D eigenvalue weighted by atomic mass is 10.0. The summed E-state index contributed by atoms with van der Waals surface area (Å²) in [6.07, 6.45) is 3.06. The van der Waals surface area contributed by atoms with Gasteiger partial charge in [0, 0.05) is 6.42 Å². The highest BCUT2D eigenvalue weighted by molar-refractivity contribution is 5.94. The summed E-state index contributed by atoms with van der Waals surface area (Å²) in [5.41, 5.74) is 17.5. The zero-order chi connectivity index (χ0) is 26.9. The van der Waals surface area contributed by atoms with Gasteiger partial charge in [-0.25, -0.2) is 4.79 Å². The van der Waals surface area contributed by atoms with E-state index in [1.807, 2.05) is 0 Å². The molecule has 202 valence electrons. The van der Waals surface area contributed by atoms with E-state index >= 15 is 0 Å². The fourth-order valence-corrected chi connectivity index (χ4v) is 3.47. The maximum absolute atomic E-state index is 13.0. The molecule has 1 rings (SSSR count). The minimum atomic E-state index is -1.34. The largest absolute Gasteiger partial charge is 0.480 e. The van der Waals surface area contributed by atoms with Gasteiger partial charge in [0.25, 0.3) is 0 Å². The molecule has 11 N–H and O–H groups in total. The number of nitrogens with one attached hydrogen (secondary N) is 3. The van der Waals surface area contributed by atoms with E-state index in [0.29, 0.717) is 45.2 Å². The Labute approximate surface area is 211 Å². The molecule has 36 heavy (non-hydrogen) atoms. The van der Waals surface area contributed by atoms with Crippen LogP contribution < -0.4 is 33.2 Å². The molecule has 4 unspecified atom stereocenters. The van der Waals surface area contributed by atoms with Crippen molar-refractivity contribution in [1.29, 1.82) is 0 Å². The van der Waals surface area contributed by atoms with Crippen molar-refractivity contribution >= 4 is 23.7 Å². The summed E-state index contributed by atoms with van der Waals surface area (Å²) in [7, 11) is 0. The molecule has 1 aromatic rings. The van der Waals surface area contributed by atoms with Crippen LogP contribution in [0.4, 0.5) is 0 Å². The molecule has 0 aliphatic carbocycles. The Morgan fingerprint density at radius 3 is 1.83 bits per heavy atom. The molecule has 0 aromatic heterocycles. The van der Waals surface area contributed by atoms with Crippen LogP contribution in [0.25, 0.3) is 0 Å². The minimum Gasteiger partial charge on any atom is -0.480 e. The number of nitrogens with two attached hydrogens (primary N) is 3. The topological polar surface area (TPSA) is 223 Å². The van der Waals surface area contributed by atoms with Crippen molar-refractivity contribution in [2.75, 3.05) is 19.7 Å². The number of rotatable bonds is 18. The van der Waals surface area contributed by atoms with Gasteiger partial charge in [-0.15, -0.1) is 0 Å². The molecule has 0 heterocycles. The average Bonchev–Trinajstić information content (AvgIpc) is 2.86. The van der Waals surface area contributed by atoms with Crippen molar-refractivity contribution in [3.8, 4) is 0 Å². The molecule has 0 aliphatic rings. The summed E-state index contributed by atoms with van der Waals surface area (Å²) in [5.74, 6) is -3.31. The Bertz CT molecular complexity index is 825. The number of aliphatic carboxylic acids is 1. The van der Waals surface area contributed by atoms with Crippen LogP contribution in [0, 0.1) is 0 Å². The second-order valence-electron chi connectivity index (χ2n) is 8.57. The highest BCUT2D eigenvalue weighted by Crippen LogP contribution is 2.07. The first-order valence-electron chi connectivity index (χ1n) is 12.2. The lowest BCUT2D eigenvalue weighted by Gasteiger charge is -2.24. The van der Waals surface area contributed by atoms with Gasteiger partial charge in [0.05, 0.1) is 12.6 Å². The standard InChI is InChI=1S/C24H40N6O6/c25-12-6-4-10-17(27)21(32)30-20(15-31)23(34)29-19(14-16-8-2-1-3-9-16)22(33)28-18(24(35)36)11-5-7-13-26/h1-3,8-9,17-20,31H,4-7,10-15,25-27H2,(H,28,33)(H,29,34)(H,30,32)(H,35,36). The highest BCUT2D eigenvalue weighted by atomic mass is 16.4. The number of amides is 3. The molecule has 12 heteroatoms. The molecule has 0 aliphatic heterocycles. The van der Waals surface area contributed by atoms with E-state index in [1.165, 1.54) is 0 Å². The summed E-state index contributed by atoms with van der Waals surface area (Å²) < 4.78 is 0. The van der Waals surface area contributed by atoms with Crippen molar-refractivity contribution in [2.45, 2.75) is 69.1 Å². The Morgan fingerprint density at radius 2 is 1.28 bits per heavy atom. The van der Waals surface area contributed by atoms with Crippen LogP contribution in [0.5, 0.6) is 0 Å². The van der Waals surface area contributed by atoms with E-state index < -0.39 is 54.5 Å². The first-order valence-corrected chi connectivity index (χ1v) is 12.2. The average molecular weight is 509 g/mol. The number of hydrogen-bond donors (Lipinski definition) is 8. The molecule has 0 spiro atoms. The van der Waals surface area contributed by atoms with Crippen LogP contribution >= 0.6 is 0 Å². The van der Waals surface area contributed by atoms with Crippen LogP contribution in [-0.4, -0.2) is 77.8 Å². The zero-order valence-corrected chi connectivity index (χ0v) is 20.5. The van der Waals surface area contributed by atoms with Gasteiger partial charge in [-0.05, 0) is 50.8 Å². The van der Waals surface area contributed by atoms with Gasteiger partial charge in [-0.2, -0.15) is 0 Å². The second kappa shape index (κ2) is 17.4. The van der Waals surface area contributed by atoms with E-state index in [9.17, 15) is 29.4 Å². The van der Waals surface area contributed by atoms with Gasteiger partial charge in [0.1, 0.15) is 18.1 Å². The third kappa shape index (κ3) is 11.6. The Balaban J connectivity index is 2.93. The molecule has 0 radical (unpaired) electrons. The normalized spacial score (nSPS) is 14.2. The SMILES string of the molecule is NCCCCC(N)C(=O)NC(CO)C(=O)NC(Cc1ccccc1)C(=O)NC(CCCCN)C(=O)O. The summed E-state index contributed by atoms with van der Waals surface area (Å²) in [5, 5.41) is 26.6. The first-order chi connectivity index (χ1) is 17.2. The van der Waals surface area contributed by atoms with Gasteiger partial charge >= 0.3 is 5.97 Å². The number of aliphatic hydroxyl groups excluding tert-OH is 1. The van der Waals surface area contributed by atoms with Crippen molar-refractivity contribution in [3.63, 3.8) is 0 Å². The molecule has 4 atom stereocenters. The van der Waals surface area contributed by atoms with E-state index in [-0.39, 0.29) is 12.8 Å². The highest BCUT2D eigenvalue weighted by Gasteiger charge is 2.30. The van der Waals surface area contributed by atoms with Crippen LogP contribution in [0.1, 0.15) is 44.1 Å². The number of carboxylic acid groups (broad SMARTS) is 1. The Morgan fingerprint density at radius 1 is 0.750 bits per heavy atom. The minimum absolute atomic E-state index is 0.0677. The van der Waals surface area contributed by atoms with Crippen LogP contribution in [0.15, 0.2) is 30.3 Å². The molecular formula is C24H40N6O6. The number of carbonyl (C=O) groups is 4. The Kier molecular flexibility index (Phi) is 15.0. The summed E-state index contributed by atoms with van der Waals surface area (Å²) >= 11 is 0. The number of unbranched alkanes of at least 4 members (excludes halogenated alkanes) is 2. The van der Waals surface area contributed by atoms with Crippen LogP contribution in [0.2, 0.25) is 0 Å². The molecule has 12 nitrogen and oxygen atoms in total. The smallest absolute Gasteiger partial charge is 0.326 e. The van der Waals surface area contributed by atoms with E-state index in [2.05, 4.69) is 16.0 Å². The monoisotopic (exact) mass is 508 g/mol. The predicted molar refractivity (Wildman–Crippen MR) is 134 cm³/mol. The molecule has 0 fully saturated rings. The third-order valence-corrected chi connectivity index (χ3v) is 5.60. The molecule has 0 saturated heterocycles. The van der Waals surface area contributed by atoms with Gasteiger partial charge in [0.2, 0.25) is 17.7 Å². The summed E-state index contributed by atoms with van der Waals surface area (Å²) in [6, 6.07) is 4.31.